The van der Waals surface area contributed by atoms with Gasteiger partial charge in [0.1, 0.15) is 11.6 Å². The summed E-state index contributed by atoms with van der Waals surface area (Å²) < 4.78 is 28.4. The Morgan fingerprint density at radius 1 is 1.08 bits per heavy atom. The molecule has 0 spiro atoms. The first-order valence-electron chi connectivity index (χ1n) is 12.1. The highest BCUT2D eigenvalue weighted by Crippen LogP contribution is 2.37. The van der Waals surface area contributed by atoms with Crippen molar-refractivity contribution in [2.45, 2.75) is 57.5 Å². The molecule has 1 unspecified atom stereocenters. The minimum Gasteiger partial charge on any atom is -0.351 e. The topological polar surface area (TPSA) is 104 Å². The molecule has 0 aliphatic carbocycles. The molecule has 8 nitrogen and oxygen atoms in total. The molecule has 190 valence electrons. The Labute approximate surface area is 213 Å². The minimum absolute atomic E-state index is 0.198. The fourth-order valence-electron chi connectivity index (χ4n) is 4.71. The molecule has 1 aliphatic heterocycles. The van der Waals surface area contributed by atoms with Crippen LogP contribution in [0.15, 0.2) is 65.8 Å². The Morgan fingerprint density at radius 2 is 1.81 bits per heavy atom. The summed E-state index contributed by atoms with van der Waals surface area (Å²) in [5.74, 6) is 0.945. The fraction of sp³-hybridized carbons (Fsp3) is 0.370. The summed E-state index contributed by atoms with van der Waals surface area (Å²) in [6.07, 6.45) is 2.57. The molecule has 3 aromatic rings. The van der Waals surface area contributed by atoms with E-state index in [-0.39, 0.29) is 16.1 Å². The van der Waals surface area contributed by atoms with Gasteiger partial charge in [-0.2, -0.15) is 8.42 Å². The van der Waals surface area contributed by atoms with Crippen LogP contribution in [0.3, 0.4) is 0 Å². The fourth-order valence-corrected chi connectivity index (χ4v) is 5.65. The van der Waals surface area contributed by atoms with Gasteiger partial charge < -0.3 is 10.2 Å². The second kappa shape index (κ2) is 9.89. The maximum atomic E-state index is 13.2. The Hall–Kier alpha value is -3.46. The second-order valence-electron chi connectivity index (χ2n) is 10.3. The zero-order chi connectivity index (χ0) is 26.1. The van der Waals surface area contributed by atoms with Crippen molar-refractivity contribution in [2.75, 3.05) is 16.8 Å². The first kappa shape index (κ1) is 25.6. The first-order valence-corrected chi connectivity index (χ1v) is 13.6. The molecular formula is C27H33N5O3S. The van der Waals surface area contributed by atoms with E-state index in [0.29, 0.717) is 23.5 Å². The predicted molar refractivity (Wildman–Crippen MR) is 142 cm³/mol. The van der Waals surface area contributed by atoms with Crippen molar-refractivity contribution in [3.8, 4) is 0 Å². The standard InChI is InChI=1S/C27H33N5O3S/c1-18(2)20-11-13-21(14-12-20)29-23-9-6-10-24(30-23)36(34,35)31-26(33)22-8-7-15-28-25(22)32-17-19(3)16-27(32,4)5/h6-15,18-19H,16-17H2,1-5H3,(H,29,30)(H,31,33). The van der Waals surface area contributed by atoms with Crippen molar-refractivity contribution < 1.29 is 13.2 Å². The number of hydrogen-bond acceptors (Lipinski definition) is 7. The number of rotatable bonds is 7. The van der Waals surface area contributed by atoms with Gasteiger partial charge in [0.05, 0.1) is 5.56 Å². The van der Waals surface area contributed by atoms with Gasteiger partial charge in [0.15, 0.2) is 5.03 Å². The molecule has 1 atom stereocenters. The second-order valence-corrected chi connectivity index (χ2v) is 11.9. The number of sulfonamides is 1. The average Bonchev–Trinajstić information content (AvgIpc) is 3.11. The van der Waals surface area contributed by atoms with E-state index in [1.165, 1.54) is 11.6 Å². The van der Waals surface area contributed by atoms with E-state index < -0.39 is 15.9 Å². The van der Waals surface area contributed by atoms with Crippen molar-refractivity contribution in [2.24, 2.45) is 5.92 Å². The van der Waals surface area contributed by atoms with Crippen molar-refractivity contribution >= 4 is 33.3 Å². The van der Waals surface area contributed by atoms with Crippen LogP contribution < -0.4 is 14.9 Å². The average molecular weight is 508 g/mol. The van der Waals surface area contributed by atoms with Crippen LogP contribution in [0.4, 0.5) is 17.3 Å². The molecule has 1 aromatic carbocycles. The number of anilines is 3. The normalized spacial score (nSPS) is 17.3. The quantitative estimate of drug-likeness (QED) is 0.459. The van der Waals surface area contributed by atoms with Crippen LogP contribution in [0, 0.1) is 5.92 Å². The van der Waals surface area contributed by atoms with E-state index in [2.05, 4.69) is 59.5 Å². The Bertz CT molecular complexity index is 1350. The third kappa shape index (κ3) is 5.51. The van der Waals surface area contributed by atoms with Crippen LogP contribution in [0.25, 0.3) is 0 Å². The monoisotopic (exact) mass is 507 g/mol. The number of benzene rings is 1. The van der Waals surface area contributed by atoms with Gasteiger partial charge in [-0.25, -0.2) is 14.7 Å². The van der Waals surface area contributed by atoms with E-state index in [1.807, 2.05) is 24.3 Å². The lowest BCUT2D eigenvalue weighted by atomic mass is 9.97. The smallest absolute Gasteiger partial charge is 0.281 e. The molecule has 36 heavy (non-hydrogen) atoms. The molecule has 0 bridgehead atoms. The number of carbonyl (C=O) groups is 1. The number of hydrogen-bond donors (Lipinski definition) is 2. The summed E-state index contributed by atoms with van der Waals surface area (Å²) in [4.78, 5) is 23.9. The van der Waals surface area contributed by atoms with Gasteiger partial charge >= 0.3 is 0 Å². The molecule has 2 N–H and O–H groups in total. The van der Waals surface area contributed by atoms with Crippen LogP contribution in [0.2, 0.25) is 0 Å². The van der Waals surface area contributed by atoms with E-state index in [1.54, 1.807) is 30.5 Å². The molecule has 1 amide bonds. The summed E-state index contributed by atoms with van der Waals surface area (Å²) >= 11 is 0. The molecular weight excluding hydrogens is 474 g/mol. The van der Waals surface area contributed by atoms with Gasteiger partial charge in [-0.1, -0.05) is 39.0 Å². The van der Waals surface area contributed by atoms with E-state index >= 15 is 0 Å². The summed E-state index contributed by atoms with van der Waals surface area (Å²) in [6.45, 7) is 11.3. The van der Waals surface area contributed by atoms with Gasteiger partial charge in [0.25, 0.3) is 15.9 Å². The first-order chi connectivity index (χ1) is 17.0. The van der Waals surface area contributed by atoms with Gasteiger partial charge in [0, 0.05) is 24.0 Å². The maximum Gasteiger partial charge on any atom is 0.281 e. The number of carbonyl (C=O) groups excluding carboxylic acids is 1. The molecule has 1 fully saturated rings. The molecule has 0 radical (unpaired) electrons. The van der Waals surface area contributed by atoms with Crippen LogP contribution in [0.1, 0.15) is 62.9 Å². The third-order valence-electron chi connectivity index (χ3n) is 6.44. The Morgan fingerprint density at radius 3 is 2.44 bits per heavy atom. The molecule has 1 saturated heterocycles. The van der Waals surface area contributed by atoms with Gasteiger partial charge in [0.2, 0.25) is 0 Å². The Balaban J connectivity index is 1.54. The molecule has 9 heteroatoms. The number of pyridine rings is 2. The largest absolute Gasteiger partial charge is 0.351 e. The van der Waals surface area contributed by atoms with Crippen LogP contribution in [-0.4, -0.2) is 36.4 Å². The number of nitrogens with zero attached hydrogens (tertiary/aromatic N) is 3. The maximum absolute atomic E-state index is 13.2. The number of nitrogens with one attached hydrogen (secondary N) is 2. The van der Waals surface area contributed by atoms with E-state index in [4.69, 9.17) is 0 Å². The highest BCUT2D eigenvalue weighted by atomic mass is 32.2. The van der Waals surface area contributed by atoms with Gasteiger partial charge in [-0.15, -0.1) is 0 Å². The van der Waals surface area contributed by atoms with Gasteiger partial charge in [-0.05, 0) is 74.1 Å². The zero-order valence-electron chi connectivity index (χ0n) is 21.3. The highest BCUT2D eigenvalue weighted by molar-refractivity contribution is 7.90. The van der Waals surface area contributed by atoms with Crippen molar-refractivity contribution in [1.82, 2.24) is 14.7 Å². The summed E-state index contributed by atoms with van der Waals surface area (Å²) in [5.41, 5.74) is 2.00. The van der Waals surface area contributed by atoms with Crippen LogP contribution in [-0.2, 0) is 10.0 Å². The molecule has 4 rings (SSSR count). The predicted octanol–water partition coefficient (Wildman–Crippen LogP) is 5.09. The van der Waals surface area contributed by atoms with Gasteiger partial charge in [-0.3, -0.25) is 4.79 Å². The summed E-state index contributed by atoms with van der Waals surface area (Å²) in [5, 5.41) is 2.87. The molecule has 2 aromatic heterocycles. The molecule has 3 heterocycles. The van der Waals surface area contributed by atoms with E-state index in [9.17, 15) is 13.2 Å². The lowest BCUT2D eigenvalue weighted by molar-refractivity contribution is 0.0981. The highest BCUT2D eigenvalue weighted by Gasteiger charge is 2.39. The van der Waals surface area contributed by atoms with E-state index in [0.717, 1.165) is 18.7 Å². The van der Waals surface area contributed by atoms with Crippen molar-refractivity contribution in [1.29, 1.82) is 0 Å². The van der Waals surface area contributed by atoms with Crippen LogP contribution in [0.5, 0.6) is 0 Å². The molecule has 0 saturated carbocycles. The van der Waals surface area contributed by atoms with Crippen LogP contribution >= 0.6 is 0 Å². The lowest BCUT2D eigenvalue weighted by Gasteiger charge is -2.33. The Kier molecular flexibility index (Phi) is 7.04. The van der Waals surface area contributed by atoms with Crippen molar-refractivity contribution in [3.05, 3.63) is 71.9 Å². The minimum atomic E-state index is -4.22. The SMILES string of the molecule is CC1CN(c2ncccc2C(=O)NS(=O)(=O)c2cccc(Nc3ccc(C(C)C)cc3)n2)C(C)(C)C1. The number of amides is 1. The zero-order valence-corrected chi connectivity index (χ0v) is 22.1. The number of aromatic nitrogens is 2. The lowest BCUT2D eigenvalue weighted by Crippen LogP contribution is -2.41. The molecule has 1 aliphatic rings. The summed E-state index contributed by atoms with van der Waals surface area (Å²) in [6, 6.07) is 15.7. The summed E-state index contributed by atoms with van der Waals surface area (Å²) in [7, 11) is -4.22. The third-order valence-corrected chi connectivity index (χ3v) is 7.67. The van der Waals surface area contributed by atoms with Crippen molar-refractivity contribution in [3.63, 3.8) is 0 Å².